The van der Waals surface area contributed by atoms with E-state index < -0.39 is 20.7 Å². The van der Waals surface area contributed by atoms with Gasteiger partial charge in [-0.2, -0.15) is 0 Å². The van der Waals surface area contributed by atoms with Crippen molar-refractivity contribution >= 4 is 27.3 Å². The molecule has 1 saturated heterocycles. The standard InChI is InChI=1S/C13H18ClFN2O3S/c1-17(7-9-3-2-4-20-8-9)21(18,19)12-6-10(16)5-11(14)13(12)15/h5-6,9H,2-4,7-8,16H2,1H3. The summed E-state index contributed by atoms with van der Waals surface area (Å²) in [7, 11) is -2.56. The van der Waals surface area contributed by atoms with Crippen molar-refractivity contribution < 1.29 is 17.5 Å². The van der Waals surface area contributed by atoms with Crippen LogP contribution in [0.5, 0.6) is 0 Å². The van der Waals surface area contributed by atoms with Crippen LogP contribution < -0.4 is 5.73 Å². The van der Waals surface area contributed by atoms with Crippen molar-refractivity contribution in [1.82, 2.24) is 4.31 Å². The largest absolute Gasteiger partial charge is 0.399 e. The predicted molar refractivity (Wildman–Crippen MR) is 79.2 cm³/mol. The number of anilines is 1. The normalized spacial score (nSPS) is 19.9. The van der Waals surface area contributed by atoms with Gasteiger partial charge in [0.25, 0.3) is 0 Å². The Kier molecular flexibility index (Phi) is 5.08. The lowest BCUT2D eigenvalue weighted by atomic mass is 10.0. The quantitative estimate of drug-likeness (QED) is 0.855. The highest BCUT2D eigenvalue weighted by Crippen LogP contribution is 2.28. The SMILES string of the molecule is CN(CC1CCCOC1)S(=O)(=O)c1cc(N)cc(Cl)c1F. The van der Waals surface area contributed by atoms with Crippen molar-refractivity contribution in [1.29, 1.82) is 0 Å². The van der Waals surface area contributed by atoms with Gasteiger partial charge < -0.3 is 10.5 Å². The summed E-state index contributed by atoms with van der Waals surface area (Å²) in [6, 6.07) is 2.27. The fourth-order valence-electron chi connectivity index (χ4n) is 2.35. The molecule has 2 N–H and O–H groups in total. The summed E-state index contributed by atoms with van der Waals surface area (Å²) in [4.78, 5) is -0.494. The Morgan fingerprint density at radius 3 is 2.86 bits per heavy atom. The van der Waals surface area contributed by atoms with E-state index in [2.05, 4.69) is 0 Å². The number of nitrogens with two attached hydrogens (primary N) is 1. The van der Waals surface area contributed by atoms with E-state index in [1.54, 1.807) is 0 Å². The molecule has 1 aromatic rings. The molecule has 2 rings (SSSR count). The summed E-state index contributed by atoms with van der Waals surface area (Å²) >= 11 is 5.66. The molecule has 1 fully saturated rings. The van der Waals surface area contributed by atoms with Crippen molar-refractivity contribution in [3.63, 3.8) is 0 Å². The Morgan fingerprint density at radius 2 is 2.24 bits per heavy atom. The van der Waals surface area contributed by atoms with E-state index >= 15 is 0 Å². The minimum atomic E-state index is -3.98. The molecular weight excluding hydrogens is 319 g/mol. The Bertz CT molecular complexity index is 618. The van der Waals surface area contributed by atoms with Gasteiger partial charge in [0.2, 0.25) is 10.0 Å². The average Bonchev–Trinajstić information content (AvgIpc) is 2.43. The van der Waals surface area contributed by atoms with Crippen LogP contribution in [0.25, 0.3) is 0 Å². The maximum atomic E-state index is 14.0. The smallest absolute Gasteiger partial charge is 0.245 e. The van der Waals surface area contributed by atoms with Crippen molar-refractivity contribution in [2.45, 2.75) is 17.7 Å². The highest BCUT2D eigenvalue weighted by molar-refractivity contribution is 7.89. The van der Waals surface area contributed by atoms with Gasteiger partial charge in [-0.3, -0.25) is 0 Å². The van der Waals surface area contributed by atoms with E-state index in [9.17, 15) is 12.8 Å². The number of sulfonamides is 1. The van der Waals surface area contributed by atoms with Gasteiger partial charge in [-0.25, -0.2) is 17.1 Å². The van der Waals surface area contributed by atoms with Gasteiger partial charge in [-0.15, -0.1) is 0 Å². The summed E-state index contributed by atoms with van der Waals surface area (Å²) in [5, 5.41) is -0.303. The number of nitrogen functional groups attached to an aromatic ring is 1. The summed E-state index contributed by atoms with van der Waals surface area (Å²) in [5.41, 5.74) is 5.66. The van der Waals surface area contributed by atoms with E-state index in [0.29, 0.717) is 13.2 Å². The molecule has 1 unspecified atom stereocenters. The molecule has 118 valence electrons. The summed E-state index contributed by atoms with van der Waals surface area (Å²) in [6.45, 7) is 1.49. The fourth-order valence-corrected chi connectivity index (χ4v) is 4.00. The monoisotopic (exact) mass is 336 g/mol. The van der Waals surface area contributed by atoms with E-state index in [0.717, 1.165) is 23.2 Å². The summed E-state index contributed by atoms with van der Waals surface area (Å²) in [6.07, 6.45) is 1.79. The van der Waals surface area contributed by atoms with E-state index in [1.165, 1.54) is 13.1 Å². The lowest BCUT2D eigenvalue weighted by molar-refractivity contribution is 0.0495. The summed E-state index contributed by atoms with van der Waals surface area (Å²) < 4.78 is 45.4. The molecule has 1 aliphatic heterocycles. The molecule has 1 atom stereocenters. The zero-order valence-corrected chi connectivity index (χ0v) is 13.3. The second-order valence-electron chi connectivity index (χ2n) is 5.18. The number of hydrogen-bond donors (Lipinski definition) is 1. The van der Waals surface area contributed by atoms with Gasteiger partial charge in [0, 0.05) is 25.9 Å². The minimum Gasteiger partial charge on any atom is -0.399 e. The third-order valence-corrected chi connectivity index (χ3v) is 5.57. The van der Waals surface area contributed by atoms with Crippen LogP contribution in [0.1, 0.15) is 12.8 Å². The zero-order valence-electron chi connectivity index (χ0n) is 11.7. The molecule has 8 heteroatoms. The molecule has 21 heavy (non-hydrogen) atoms. The minimum absolute atomic E-state index is 0.106. The van der Waals surface area contributed by atoms with Crippen LogP contribution in [0.2, 0.25) is 5.02 Å². The maximum absolute atomic E-state index is 14.0. The van der Waals surface area contributed by atoms with Crippen LogP contribution in [0.3, 0.4) is 0 Å². The Morgan fingerprint density at radius 1 is 1.52 bits per heavy atom. The van der Waals surface area contributed by atoms with Crippen molar-refractivity contribution in [3.05, 3.63) is 23.0 Å². The van der Waals surface area contributed by atoms with Gasteiger partial charge in [-0.1, -0.05) is 11.6 Å². The molecule has 0 saturated carbocycles. The number of hydrogen-bond acceptors (Lipinski definition) is 4. The topological polar surface area (TPSA) is 72.6 Å². The molecule has 1 aliphatic rings. The molecule has 0 bridgehead atoms. The molecule has 1 aromatic carbocycles. The number of rotatable bonds is 4. The molecule has 1 heterocycles. The van der Waals surface area contributed by atoms with Crippen LogP contribution >= 0.6 is 11.6 Å². The van der Waals surface area contributed by atoms with Gasteiger partial charge in [0.05, 0.1) is 11.6 Å². The molecule has 0 amide bonds. The van der Waals surface area contributed by atoms with E-state index in [-0.39, 0.29) is 23.2 Å². The lowest BCUT2D eigenvalue weighted by Gasteiger charge is -2.26. The van der Waals surface area contributed by atoms with Crippen LogP contribution in [-0.4, -0.2) is 39.5 Å². The molecule has 5 nitrogen and oxygen atoms in total. The highest BCUT2D eigenvalue weighted by atomic mass is 35.5. The van der Waals surface area contributed by atoms with Crippen molar-refractivity contribution in [3.8, 4) is 0 Å². The first-order valence-electron chi connectivity index (χ1n) is 6.61. The Labute approximate surface area is 128 Å². The van der Waals surface area contributed by atoms with E-state index in [4.69, 9.17) is 22.1 Å². The number of benzene rings is 1. The lowest BCUT2D eigenvalue weighted by Crippen LogP contribution is -2.35. The third kappa shape index (κ3) is 3.66. The second-order valence-corrected chi connectivity index (χ2v) is 7.60. The average molecular weight is 337 g/mol. The third-order valence-electron chi connectivity index (χ3n) is 3.48. The van der Waals surface area contributed by atoms with Crippen LogP contribution in [0.4, 0.5) is 10.1 Å². The molecule has 0 radical (unpaired) electrons. The fraction of sp³-hybridized carbons (Fsp3) is 0.538. The van der Waals surface area contributed by atoms with Gasteiger partial charge in [-0.05, 0) is 30.9 Å². The molecule has 0 aliphatic carbocycles. The van der Waals surface area contributed by atoms with Crippen molar-refractivity contribution in [2.24, 2.45) is 5.92 Å². The first kappa shape index (κ1) is 16.5. The Hall–Kier alpha value is -0.890. The van der Waals surface area contributed by atoms with Crippen LogP contribution in [0, 0.1) is 11.7 Å². The van der Waals surface area contributed by atoms with Crippen LogP contribution in [-0.2, 0) is 14.8 Å². The maximum Gasteiger partial charge on any atom is 0.245 e. The number of nitrogens with zero attached hydrogens (tertiary/aromatic N) is 1. The first-order valence-corrected chi connectivity index (χ1v) is 8.42. The highest BCUT2D eigenvalue weighted by Gasteiger charge is 2.29. The number of halogens is 2. The Balaban J connectivity index is 2.24. The zero-order chi connectivity index (χ0) is 15.6. The van der Waals surface area contributed by atoms with Gasteiger partial charge in [0.1, 0.15) is 4.90 Å². The molecule has 0 aromatic heterocycles. The van der Waals surface area contributed by atoms with Gasteiger partial charge in [0.15, 0.2) is 5.82 Å². The second kappa shape index (κ2) is 6.48. The molecular formula is C13H18ClFN2O3S. The van der Waals surface area contributed by atoms with Gasteiger partial charge >= 0.3 is 0 Å². The molecule has 0 spiro atoms. The van der Waals surface area contributed by atoms with Crippen LogP contribution in [0.15, 0.2) is 17.0 Å². The number of ether oxygens (including phenoxy) is 1. The van der Waals surface area contributed by atoms with E-state index in [1.807, 2.05) is 0 Å². The van der Waals surface area contributed by atoms with Crippen molar-refractivity contribution in [2.75, 3.05) is 32.5 Å². The predicted octanol–water partition coefficient (Wildman–Crippen LogP) is 2.11. The summed E-state index contributed by atoms with van der Waals surface area (Å²) in [5.74, 6) is -0.865. The first-order chi connectivity index (χ1) is 9.82.